The van der Waals surface area contributed by atoms with Gasteiger partial charge in [-0.3, -0.25) is 19.2 Å². The Kier molecular flexibility index (Phi) is 19.8. The summed E-state index contributed by atoms with van der Waals surface area (Å²) in [7, 11) is 1.56. The molecular formula is C36H56N2O10S2. The molecule has 0 saturated heterocycles. The molecule has 2 aliphatic rings. The minimum atomic E-state index is -0.990. The molecule has 1 unspecified atom stereocenters. The van der Waals surface area contributed by atoms with Crippen LogP contribution in [0.2, 0.25) is 0 Å². The van der Waals surface area contributed by atoms with E-state index in [1.807, 2.05) is 37.4 Å². The van der Waals surface area contributed by atoms with E-state index in [0.29, 0.717) is 76.1 Å². The molecule has 1 aromatic carbocycles. The Balaban J connectivity index is 0.000000358. The van der Waals surface area contributed by atoms with Gasteiger partial charge in [0.05, 0.1) is 43.0 Å². The van der Waals surface area contributed by atoms with Gasteiger partial charge < -0.3 is 35.4 Å². The highest BCUT2D eigenvalue weighted by Crippen LogP contribution is 2.44. The zero-order chi connectivity index (χ0) is 37.1. The van der Waals surface area contributed by atoms with E-state index in [9.17, 15) is 34.2 Å². The summed E-state index contributed by atoms with van der Waals surface area (Å²) in [6.07, 6.45) is 8.81. The first-order valence-corrected chi connectivity index (χ1v) is 19.4. The monoisotopic (exact) mass is 740 g/mol. The molecule has 282 valence electrons. The minimum Gasteiger partial charge on any atom is -0.481 e. The summed E-state index contributed by atoms with van der Waals surface area (Å²) in [6.45, 7) is 2.79. The average Bonchev–Trinajstić information content (AvgIpc) is 3.57. The SMILES string of the molecule is COCCOCC(CC1(C(=O)N[C@H]2CC[C@@H](C(=O)O)CC2)CCCC1)C(=O)O.CSCC[C@H](NC(=O)[C@@H](CS)Cc1ccccc1C)C(=O)O. The molecule has 5 N–H and O–H groups in total. The second kappa shape index (κ2) is 22.9. The Morgan fingerprint density at radius 2 is 1.64 bits per heavy atom. The molecule has 0 spiro atoms. The van der Waals surface area contributed by atoms with Crippen LogP contribution in [0, 0.1) is 30.1 Å². The van der Waals surface area contributed by atoms with Crippen LogP contribution in [-0.2, 0) is 39.9 Å². The fourth-order valence-corrected chi connectivity index (χ4v) is 7.35. The third-order valence-electron chi connectivity index (χ3n) is 9.74. The number of ether oxygens (including phenoxy) is 2. The van der Waals surface area contributed by atoms with Crippen LogP contribution >= 0.6 is 24.4 Å². The van der Waals surface area contributed by atoms with Gasteiger partial charge in [-0.25, -0.2) is 4.79 Å². The van der Waals surface area contributed by atoms with E-state index in [-0.39, 0.29) is 42.7 Å². The number of aliphatic carboxylic acids is 3. The van der Waals surface area contributed by atoms with Crippen molar-refractivity contribution < 1.29 is 48.8 Å². The third-order valence-corrected chi connectivity index (χ3v) is 10.8. The second-order valence-corrected chi connectivity index (χ2v) is 14.7. The van der Waals surface area contributed by atoms with Gasteiger partial charge in [0.2, 0.25) is 11.8 Å². The van der Waals surface area contributed by atoms with Gasteiger partial charge in [0.25, 0.3) is 0 Å². The molecule has 14 heteroatoms. The highest BCUT2D eigenvalue weighted by Gasteiger charge is 2.45. The number of rotatable bonds is 20. The molecule has 0 radical (unpaired) electrons. The van der Waals surface area contributed by atoms with Crippen LogP contribution in [0.25, 0.3) is 0 Å². The molecular weight excluding hydrogens is 685 g/mol. The highest BCUT2D eigenvalue weighted by atomic mass is 32.2. The number of aryl methyl sites for hydroxylation is 1. The van der Waals surface area contributed by atoms with Gasteiger partial charge >= 0.3 is 17.9 Å². The van der Waals surface area contributed by atoms with Gasteiger partial charge in [-0.05, 0) is 87.8 Å². The largest absolute Gasteiger partial charge is 0.481 e. The summed E-state index contributed by atoms with van der Waals surface area (Å²) in [5.41, 5.74) is 1.55. The normalized spacial score (nSPS) is 20.0. The first-order valence-electron chi connectivity index (χ1n) is 17.4. The molecule has 0 heterocycles. The standard InChI is InChI=1S/C20H33NO7.C16H23NO3S2/c1-27-10-11-28-13-15(18(24)25)12-20(8-2-3-9-20)19(26)21-16-6-4-14(5-7-16)17(22)23;1-11-5-3-4-6-12(11)9-13(10-21)15(18)17-14(16(19)20)7-8-22-2/h14-16H,2-13H2,1H3,(H,21,26)(H,22,23)(H,24,25);3-6,13-14,21H,7-10H2,1-2H3,(H,17,18)(H,19,20)/t14-,15?,16+;13-,14+/m.1/s1. The fourth-order valence-electron chi connectivity index (χ4n) is 6.58. The summed E-state index contributed by atoms with van der Waals surface area (Å²) in [4.78, 5) is 59.5. The number of thioether (sulfide) groups is 1. The van der Waals surface area contributed by atoms with Gasteiger partial charge in [0.1, 0.15) is 6.04 Å². The zero-order valence-electron chi connectivity index (χ0n) is 29.6. The lowest BCUT2D eigenvalue weighted by molar-refractivity contribution is -0.147. The second-order valence-electron chi connectivity index (χ2n) is 13.3. The Morgan fingerprint density at radius 1 is 0.980 bits per heavy atom. The average molecular weight is 741 g/mol. The van der Waals surface area contributed by atoms with Crippen molar-refractivity contribution in [1.29, 1.82) is 0 Å². The smallest absolute Gasteiger partial charge is 0.326 e. The van der Waals surface area contributed by atoms with E-state index >= 15 is 0 Å². The van der Waals surface area contributed by atoms with E-state index in [1.165, 1.54) is 0 Å². The highest BCUT2D eigenvalue weighted by molar-refractivity contribution is 7.98. The topological polar surface area (TPSA) is 189 Å². The van der Waals surface area contributed by atoms with Gasteiger partial charge in [0.15, 0.2) is 0 Å². The van der Waals surface area contributed by atoms with E-state index < -0.39 is 35.3 Å². The summed E-state index contributed by atoms with van der Waals surface area (Å²) < 4.78 is 10.3. The van der Waals surface area contributed by atoms with Gasteiger partial charge in [-0.1, -0.05) is 37.1 Å². The Hall–Kier alpha value is -2.81. The van der Waals surface area contributed by atoms with Crippen LogP contribution in [0.15, 0.2) is 24.3 Å². The maximum absolute atomic E-state index is 13.1. The van der Waals surface area contributed by atoms with Crippen molar-refractivity contribution in [2.24, 2.45) is 23.2 Å². The Labute approximate surface area is 305 Å². The van der Waals surface area contributed by atoms with Crippen molar-refractivity contribution in [3.63, 3.8) is 0 Å². The van der Waals surface area contributed by atoms with E-state index in [0.717, 1.165) is 24.0 Å². The first-order chi connectivity index (χ1) is 23.9. The molecule has 3 rings (SSSR count). The zero-order valence-corrected chi connectivity index (χ0v) is 31.3. The number of carboxylic acid groups (broad SMARTS) is 3. The lowest BCUT2D eigenvalue weighted by Crippen LogP contribution is -2.47. The number of amides is 2. The molecule has 0 aliphatic heterocycles. The Bertz CT molecular complexity index is 1240. The van der Waals surface area contributed by atoms with Crippen LogP contribution in [0.5, 0.6) is 0 Å². The molecule has 2 fully saturated rings. The summed E-state index contributed by atoms with van der Waals surface area (Å²) in [5, 5.41) is 33.6. The van der Waals surface area contributed by atoms with Crippen molar-refractivity contribution in [3.05, 3.63) is 35.4 Å². The quantitative estimate of drug-likeness (QED) is 0.0818. The number of nitrogens with one attached hydrogen (secondary N) is 2. The van der Waals surface area contributed by atoms with Gasteiger partial charge in [-0.15, -0.1) is 0 Å². The molecule has 50 heavy (non-hydrogen) atoms. The number of carbonyl (C=O) groups is 5. The third kappa shape index (κ3) is 14.4. The number of methoxy groups -OCH3 is 1. The number of hydrogen-bond acceptors (Lipinski definition) is 9. The molecule has 1 aromatic rings. The van der Waals surface area contributed by atoms with Crippen molar-refractivity contribution in [2.45, 2.75) is 89.6 Å². The Morgan fingerprint density at radius 3 is 2.18 bits per heavy atom. The van der Waals surface area contributed by atoms with E-state index in [2.05, 4.69) is 23.3 Å². The van der Waals surface area contributed by atoms with Crippen molar-refractivity contribution >= 4 is 54.1 Å². The molecule has 2 aliphatic carbocycles. The maximum Gasteiger partial charge on any atom is 0.326 e. The number of hydrogen-bond donors (Lipinski definition) is 6. The summed E-state index contributed by atoms with van der Waals surface area (Å²) in [6, 6.07) is 7.02. The molecule has 12 nitrogen and oxygen atoms in total. The molecule has 2 saturated carbocycles. The summed E-state index contributed by atoms with van der Waals surface area (Å²) in [5.74, 6) is -3.34. The number of thiol groups is 1. The van der Waals surface area contributed by atoms with Crippen LogP contribution in [0.4, 0.5) is 0 Å². The lowest BCUT2D eigenvalue weighted by atomic mass is 9.76. The van der Waals surface area contributed by atoms with Crippen molar-refractivity contribution in [1.82, 2.24) is 10.6 Å². The summed E-state index contributed by atoms with van der Waals surface area (Å²) >= 11 is 5.82. The minimum absolute atomic E-state index is 0.0261. The molecule has 3 atom stereocenters. The predicted octanol–water partition coefficient (Wildman–Crippen LogP) is 4.47. The molecule has 0 bridgehead atoms. The van der Waals surface area contributed by atoms with E-state index in [4.69, 9.17) is 14.6 Å². The van der Waals surface area contributed by atoms with Crippen LogP contribution in [-0.4, -0.2) is 102 Å². The number of carboxylic acids is 3. The predicted molar refractivity (Wildman–Crippen MR) is 196 cm³/mol. The van der Waals surface area contributed by atoms with Crippen LogP contribution in [0.1, 0.15) is 75.3 Å². The van der Waals surface area contributed by atoms with E-state index in [1.54, 1.807) is 18.9 Å². The molecule has 0 aromatic heterocycles. The van der Waals surface area contributed by atoms with Crippen molar-refractivity contribution in [3.8, 4) is 0 Å². The maximum atomic E-state index is 13.1. The van der Waals surface area contributed by atoms with Gasteiger partial charge in [0, 0.05) is 18.9 Å². The van der Waals surface area contributed by atoms with Gasteiger partial charge in [-0.2, -0.15) is 24.4 Å². The van der Waals surface area contributed by atoms with Crippen LogP contribution < -0.4 is 10.6 Å². The number of carbonyl (C=O) groups excluding carboxylic acids is 2. The van der Waals surface area contributed by atoms with Crippen molar-refractivity contribution in [2.75, 3.05) is 44.7 Å². The lowest BCUT2D eigenvalue weighted by Gasteiger charge is -2.34. The number of benzene rings is 1. The first kappa shape index (κ1) is 43.4. The fraction of sp³-hybridized carbons (Fsp3) is 0.694. The van der Waals surface area contributed by atoms with Crippen LogP contribution in [0.3, 0.4) is 0 Å². The molecule has 2 amide bonds.